The number of nitrogens with zero attached hydrogens (tertiary/aromatic N) is 2. The molecule has 8 heteroatoms. The van der Waals surface area contributed by atoms with Crippen molar-refractivity contribution >= 4 is 123 Å². The van der Waals surface area contributed by atoms with Crippen molar-refractivity contribution in [2.45, 2.75) is 0 Å². The molecule has 2 unspecified atom stereocenters. The minimum Gasteiger partial charge on any atom is -0.455 e. The lowest BCUT2D eigenvalue weighted by Gasteiger charge is -2.25. The SMILES string of the molecule is c1ccc(-n2c3cccc4oc5cccc6oc7c8cc9oc%10cccc%11oc%12cccc%13c%12p(c%11%10)c9c(c8cc2c7p(c56)c43)n%13-c2ccccc2)cc1. The number of hydrogen-bond acceptors (Lipinski definition) is 4. The molecule has 0 N–H and O–H groups in total. The molecule has 14 rings (SSSR count). The number of benzene rings is 8. The zero-order valence-electron chi connectivity index (χ0n) is 28.3. The van der Waals surface area contributed by atoms with E-state index in [0.717, 1.165) is 99.1 Å². The van der Waals surface area contributed by atoms with E-state index < -0.39 is 14.7 Å². The van der Waals surface area contributed by atoms with E-state index in [0.29, 0.717) is 0 Å². The van der Waals surface area contributed by atoms with Crippen LogP contribution in [0.1, 0.15) is 0 Å². The summed E-state index contributed by atoms with van der Waals surface area (Å²) in [5.74, 6) is 0. The number of para-hydroxylation sites is 2. The molecule has 0 saturated heterocycles. The van der Waals surface area contributed by atoms with Crippen LogP contribution < -0.4 is 0 Å². The van der Waals surface area contributed by atoms with Crippen LogP contribution >= 0.6 is 14.7 Å². The zero-order valence-corrected chi connectivity index (χ0v) is 30.1. The molecule has 252 valence electrons. The smallest absolute Gasteiger partial charge is 0.149 e. The maximum absolute atomic E-state index is 7.21. The Morgan fingerprint density at radius 3 is 1.43 bits per heavy atom. The maximum atomic E-state index is 7.21. The van der Waals surface area contributed by atoms with Crippen LogP contribution in [-0.4, -0.2) is 9.13 Å². The first-order chi connectivity index (χ1) is 26.8. The van der Waals surface area contributed by atoms with Gasteiger partial charge in [-0.1, -0.05) is 75.3 Å². The fourth-order valence-corrected chi connectivity index (χ4v) is 15.0. The second kappa shape index (κ2) is 9.69. The zero-order chi connectivity index (χ0) is 34.8. The van der Waals surface area contributed by atoms with Gasteiger partial charge in [-0.3, -0.25) is 0 Å². The van der Waals surface area contributed by atoms with Gasteiger partial charge in [0, 0.05) is 22.1 Å². The maximum Gasteiger partial charge on any atom is 0.149 e. The van der Waals surface area contributed by atoms with Gasteiger partial charge in [0.05, 0.1) is 52.8 Å². The molecule has 0 spiro atoms. The average Bonchev–Trinajstić information content (AvgIpc) is 3.22. The number of hydrogen-bond donors (Lipinski definition) is 0. The van der Waals surface area contributed by atoms with Crippen LogP contribution in [-0.2, 0) is 0 Å². The Labute approximate surface area is 305 Å². The first-order valence-corrected chi connectivity index (χ1v) is 20.7. The van der Waals surface area contributed by atoms with Crippen molar-refractivity contribution in [3.8, 4) is 11.4 Å². The highest BCUT2D eigenvalue weighted by atomic mass is 31.1. The lowest BCUT2D eigenvalue weighted by Crippen LogP contribution is -2.03. The molecule has 54 heavy (non-hydrogen) atoms. The molecule has 14 aromatic rings. The second-order valence-electron chi connectivity index (χ2n) is 14.1. The standard InChI is InChI=1S/C46H24N2O4P2/c1-3-11-25(12-4-1)47-29-15-7-17-32-41(29)53-43-31(47)23-27-28(40(43)52-37-22-10-20-35(49-32)45(37)53)24-38-46-39(27)48(26-13-5-2-6-14-26)30-16-8-18-33-42(30)54(46)44-34(50-33)19-9-21-36(44)51-38/h1-24H. The van der Waals surface area contributed by atoms with Gasteiger partial charge in [0.15, 0.2) is 0 Å². The summed E-state index contributed by atoms with van der Waals surface area (Å²) in [4.78, 5) is 0. The van der Waals surface area contributed by atoms with Crippen molar-refractivity contribution in [3.63, 3.8) is 0 Å². The molecule has 0 amide bonds. The molecule has 0 aliphatic rings. The number of fused-ring (bicyclic) bond motifs is 3. The van der Waals surface area contributed by atoms with Crippen LogP contribution in [0.25, 0.3) is 120 Å². The Morgan fingerprint density at radius 1 is 0.333 bits per heavy atom. The molecular formula is C46H24N2O4P2. The number of rotatable bonds is 2. The van der Waals surface area contributed by atoms with E-state index in [2.05, 4.69) is 143 Å². The van der Waals surface area contributed by atoms with Crippen LogP contribution in [0.5, 0.6) is 0 Å². The molecule has 0 aliphatic carbocycles. The summed E-state index contributed by atoms with van der Waals surface area (Å²) in [5, 5.41) is 9.29. The Balaban J connectivity index is 1.36. The van der Waals surface area contributed by atoms with Crippen molar-refractivity contribution in [1.29, 1.82) is 0 Å². The summed E-state index contributed by atoms with van der Waals surface area (Å²) in [6, 6.07) is 51.4. The molecule has 0 aliphatic heterocycles. The molecule has 6 heterocycles. The van der Waals surface area contributed by atoms with Gasteiger partial charge in [0.1, 0.15) is 44.7 Å². The molecular weight excluding hydrogens is 706 g/mol. The average molecular weight is 731 g/mol. The summed E-state index contributed by atoms with van der Waals surface area (Å²) in [7, 11) is -2.02. The minimum atomic E-state index is -1.01. The van der Waals surface area contributed by atoms with Crippen LogP contribution in [0.2, 0.25) is 0 Å². The van der Waals surface area contributed by atoms with E-state index in [4.69, 9.17) is 17.7 Å². The summed E-state index contributed by atoms with van der Waals surface area (Å²) in [5.41, 5.74) is 13.7. The van der Waals surface area contributed by atoms with Crippen molar-refractivity contribution < 1.29 is 17.7 Å². The van der Waals surface area contributed by atoms with E-state index in [1.54, 1.807) is 0 Å². The summed E-state index contributed by atoms with van der Waals surface area (Å²) < 4.78 is 32.4. The third-order valence-electron chi connectivity index (χ3n) is 11.3. The monoisotopic (exact) mass is 730 g/mol. The third kappa shape index (κ3) is 3.28. The van der Waals surface area contributed by atoms with Crippen LogP contribution in [0.3, 0.4) is 0 Å². The Bertz CT molecular complexity index is 3840. The Hall–Kier alpha value is -6.58. The number of aromatic nitrogens is 2. The van der Waals surface area contributed by atoms with Crippen molar-refractivity contribution in [2.75, 3.05) is 0 Å². The molecule has 2 atom stereocenters. The molecule has 0 radical (unpaired) electrons. The molecule has 0 bridgehead atoms. The van der Waals surface area contributed by atoms with Gasteiger partial charge in [-0.15, -0.1) is 0 Å². The van der Waals surface area contributed by atoms with E-state index in [-0.39, 0.29) is 0 Å². The van der Waals surface area contributed by atoms with E-state index >= 15 is 0 Å². The minimum absolute atomic E-state index is 0.851. The van der Waals surface area contributed by atoms with Crippen LogP contribution in [0, 0.1) is 0 Å². The summed E-state index contributed by atoms with van der Waals surface area (Å²) in [6.07, 6.45) is 0. The predicted octanol–water partition coefficient (Wildman–Crippen LogP) is 14.9. The Morgan fingerprint density at radius 2 is 0.815 bits per heavy atom. The highest BCUT2D eigenvalue weighted by molar-refractivity contribution is 7.64. The van der Waals surface area contributed by atoms with Gasteiger partial charge >= 0.3 is 0 Å². The topological polar surface area (TPSA) is 62.4 Å². The molecule has 0 saturated carbocycles. The van der Waals surface area contributed by atoms with Gasteiger partial charge in [0.2, 0.25) is 0 Å². The van der Waals surface area contributed by atoms with Gasteiger partial charge < -0.3 is 26.8 Å². The van der Waals surface area contributed by atoms with Gasteiger partial charge in [-0.05, 0) is 84.9 Å². The van der Waals surface area contributed by atoms with Crippen molar-refractivity contribution in [1.82, 2.24) is 9.13 Å². The summed E-state index contributed by atoms with van der Waals surface area (Å²) in [6.45, 7) is 0. The molecule has 8 aromatic carbocycles. The highest BCUT2D eigenvalue weighted by Gasteiger charge is 2.28. The third-order valence-corrected chi connectivity index (χ3v) is 16.7. The lowest BCUT2D eigenvalue weighted by atomic mass is 10.1. The van der Waals surface area contributed by atoms with Crippen LogP contribution in [0.15, 0.2) is 163 Å². The molecule has 6 aromatic heterocycles. The normalized spacial score (nSPS) is 13.5. The fraction of sp³-hybridized carbons (Fsp3) is 0. The Kier molecular flexibility index (Phi) is 5.02. The lowest BCUT2D eigenvalue weighted by molar-refractivity contribution is 0.649. The quantitative estimate of drug-likeness (QED) is 0.131. The van der Waals surface area contributed by atoms with Gasteiger partial charge in [0.25, 0.3) is 0 Å². The first-order valence-electron chi connectivity index (χ1n) is 18.0. The predicted molar refractivity (Wildman–Crippen MR) is 223 cm³/mol. The molecule has 6 nitrogen and oxygen atoms in total. The summed E-state index contributed by atoms with van der Waals surface area (Å²) >= 11 is 0. The van der Waals surface area contributed by atoms with Crippen molar-refractivity contribution in [3.05, 3.63) is 146 Å². The van der Waals surface area contributed by atoms with E-state index in [1.165, 1.54) is 20.5 Å². The first kappa shape index (κ1) is 28.0. The van der Waals surface area contributed by atoms with E-state index in [9.17, 15) is 0 Å². The van der Waals surface area contributed by atoms with Gasteiger partial charge in [-0.2, -0.15) is 0 Å². The second-order valence-corrected chi connectivity index (χ2v) is 18.1. The fourth-order valence-electron chi connectivity index (χ4n) is 9.30. The highest BCUT2D eigenvalue weighted by Crippen LogP contribution is 2.60. The largest absolute Gasteiger partial charge is 0.455 e. The van der Waals surface area contributed by atoms with Crippen LogP contribution in [0.4, 0.5) is 0 Å². The van der Waals surface area contributed by atoms with Crippen molar-refractivity contribution in [2.24, 2.45) is 0 Å². The van der Waals surface area contributed by atoms with E-state index in [1.807, 2.05) is 12.1 Å². The molecule has 0 fully saturated rings. The van der Waals surface area contributed by atoms with Gasteiger partial charge in [-0.25, -0.2) is 0 Å².